The van der Waals surface area contributed by atoms with Crippen molar-refractivity contribution in [2.45, 2.75) is 181 Å². The first-order chi connectivity index (χ1) is 24.1. The van der Waals surface area contributed by atoms with Gasteiger partial charge >= 0.3 is 0 Å². The monoisotopic (exact) mass is 685 g/mol. The largest absolute Gasteiger partial charge is 0.487 e. The Bertz CT molecular complexity index is 951. The third-order valence-electron chi connectivity index (χ3n) is 9.96. The Kier molecular flexibility index (Phi) is 25.9. The Balaban J connectivity index is 1.63. The molecule has 0 aliphatic carbocycles. The smallest absolute Gasteiger partial charge is 0.211 e. The molecule has 2 N–H and O–H groups in total. The zero-order chi connectivity index (χ0) is 35.1. The van der Waals surface area contributed by atoms with E-state index in [1.165, 1.54) is 141 Å². The van der Waals surface area contributed by atoms with Gasteiger partial charge in [-0.25, -0.2) is 9.13 Å². The van der Waals surface area contributed by atoms with Crippen molar-refractivity contribution in [3.8, 4) is 11.5 Å². The van der Waals surface area contributed by atoms with Crippen LogP contribution < -0.4 is 18.6 Å². The molecule has 0 fully saturated rings. The fourth-order valence-corrected chi connectivity index (χ4v) is 6.46. The van der Waals surface area contributed by atoms with E-state index in [1.807, 2.05) is 36.7 Å². The van der Waals surface area contributed by atoms with Crippen LogP contribution in [0, 0.1) is 5.41 Å². The summed E-state index contributed by atoms with van der Waals surface area (Å²) in [6.07, 6.45) is 40.6. The van der Waals surface area contributed by atoms with Crippen LogP contribution >= 0.6 is 0 Å². The second-order valence-electron chi connectivity index (χ2n) is 14.7. The molecule has 2 heterocycles. The topological polar surface area (TPSA) is 66.7 Å². The van der Waals surface area contributed by atoms with Crippen LogP contribution in [0.4, 0.5) is 0 Å². The van der Waals surface area contributed by atoms with Crippen LogP contribution in [0.15, 0.2) is 49.1 Å². The summed E-state index contributed by atoms with van der Waals surface area (Å²) in [5.74, 6) is 1.49. The van der Waals surface area contributed by atoms with Crippen molar-refractivity contribution in [2.24, 2.45) is 5.41 Å². The third-order valence-corrected chi connectivity index (χ3v) is 9.96. The highest BCUT2D eigenvalue weighted by atomic mass is 16.5. The maximum atomic E-state index is 10.3. The number of nitrogens with zero attached hydrogens (tertiary/aromatic N) is 2. The van der Waals surface area contributed by atoms with Crippen LogP contribution in [0.1, 0.15) is 168 Å². The number of hydrogen-bond acceptors (Lipinski definition) is 4. The summed E-state index contributed by atoms with van der Waals surface area (Å²) in [5, 5.41) is 20.5. The minimum Gasteiger partial charge on any atom is -0.487 e. The van der Waals surface area contributed by atoms with Crippen LogP contribution in [-0.4, -0.2) is 36.6 Å². The fourth-order valence-electron chi connectivity index (χ4n) is 6.46. The van der Waals surface area contributed by atoms with Crippen molar-refractivity contribution in [1.82, 2.24) is 0 Å². The van der Waals surface area contributed by atoms with E-state index in [9.17, 15) is 10.2 Å². The second kappa shape index (κ2) is 29.5. The molecule has 0 saturated carbocycles. The van der Waals surface area contributed by atoms with E-state index in [0.29, 0.717) is 0 Å². The van der Waals surface area contributed by atoms with Gasteiger partial charge in [-0.3, -0.25) is 0 Å². The van der Waals surface area contributed by atoms with Crippen LogP contribution in [0.25, 0.3) is 0 Å². The Hall–Kier alpha value is -2.18. The molecular weight excluding hydrogens is 608 g/mol. The Labute approximate surface area is 301 Å². The summed E-state index contributed by atoms with van der Waals surface area (Å²) >= 11 is 0. The average molecular weight is 685 g/mol. The number of unbranched alkanes of at least 4 members (excludes halogenated alkanes) is 22. The molecule has 0 atom stereocenters. The summed E-state index contributed by atoms with van der Waals surface area (Å²) in [6.45, 7) is 6.40. The summed E-state index contributed by atoms with van der Waals surface area (Å²) in [7, 11) is 0. The van der Waals surface area contributed by atoms with Crippen molar-refractivity contribution in [3.63, 3.8) is 0 Å². The van der Waals surface area contributed by atoms with Crippen molar-refractivity contribution in [3.05, 3.63) is 49.1 Å². The van der Waals surface area contributed by atoms with Crippen LogP contribution in [0.2, 0.25) is 0 Å². The van der Waals surface area contributed by atoms with Gasteiger partial charge in [0.25, 0.3) is 0 Å². The number of ether oxygens (including phenoxy) is 2. The van der Waals surface area contributed by atoms with E-state index in [2.05, 4.69) is 35.4 Å². The number of aliphatic hydroxyl groups excluding tert-OH is 2. The molecular formula is C43H76N2O4+2. The van der Waals surface area contributed by atoms with Gasteiger partial charge in [-0.15, -0.1) is 0 Å². The zero-order valence-electron chi connectivity index (χ0n) is 31.9. The van der Waals surface area contributed by atoms with Crippen LogP contribution in [0.5, 0.6) is 11.5 Å². The van der Waals surface area contributed by atoms with Crippen molar-refractivity contribution >= 4 is 0 Å². The minimum absolute atomic E-state index is 0.175. The van der Waals surface area contributed by atoms with Gasteiger partial charge in [-0.2, -0.15) is 0 Å². The molecule has 280 valence electrons. The van der Waals surface area contributed by atoms with Gasteiger partial charge in [0.05, 0.1) is 18.6 Å². The fraction of sp³-hybridized carbons (Fsp3) is 0.767. The molecule has 2 aromatic heterocycles. The number of aromatic nitrogens is 2. The normalized spacial score (nSPS) is 11.7. The van der Waals surface area contributed by atoms with Gasteiger partial charge in [0.15, 0.2) is 23.9 Å². The minimum atomic E-state index is -0.896. The van der Waals surface area contributed by atoms with Crippen LogP contribution in [-0.2, 0) is 13.1 Å². The molecule has 0 bridgehead atoms. The predicted molar refractivity (Wildman–Crippen MR) is 203 cm³/mol. The molecule has 0 aromatic carbocycles. The van der Waals surface area contributed by atoms with E-state index >= 15 is 0 Å². The highest BCUT2D eigenvalue weighted by molar-refractivity contribution is 5.14. The summed E-state index contributed by atoms with van der Waals surface area (Å²) in [5.41, 5.74) is -0.896. The molecule has 49 heavy (non-hydrogen) atoms. The maximum Gasteiger partial charge on any atom is 0.211 e. The summed E-state index contributed by atoms with van der Waals surface area (Å²) in [4.78, 5) is 0. The van der Waals surface area contributed by atoms with Crippen LogP contribution in [0.3, 0.4) is 0 Å². The van der Waals surface area contributed by atoms with Gasteiger partial charge < -0.3 is 19.7 Å². The van der Waals surface area contributed by atoms with Gasteiger partial charge in [-0.1, -0.05) is 142 Å². The molecule has 0 aliphatic rings. The standard InChI is InChI=1S/C43H76N2O4/c1-3-5-7-9-11-13-15-17-19-21-23-25-31-44-33-27-29-41(35-44)48-39-43(37-46,38-47)40-49-42-30-28-34-45(36-42)32-26-24-22-20-18-16-14-12-10-8-6-4-2/h27-30,33-36,46-47H,3-26,31-32,37-40H2,1-2H3/q+2. The lowest BCUT2D eigenvalue weighted by Crippen LogP contribution is -2.42. The highest BCUT2D eigenvalue weighted by Gasteiger charge is 2.32. The highest BCUT2D eigenvalue weighted by Crippen LogP contribution is 2.21. The molecule has 0 saturated heterocycles. The van der Waals surface area contributed by atoms with E-state index in [1.54, 1.807) is 0 Å². The molecule has 0 radical (unpaired) electrons. The number of rotatable bonds is 34. The lowest BCUT2D eigenvalue weighted by molar-refractivity contribution is -0.697. The average Bonchev–Trinajstić information content (AvgIpc) is 3.13. The van der Waals surface area contributed by atoms with Gasteiger partial charge in [-0.05, 0) is 25.0 Å². The van der Waals surface area contributed by atoms with E-state index in [0.717, 1.165) is 37.4 Å². The third kappa shape index (κ3) is 21.6. The number of hydrogen-bond donors (Lipinski definition) is 2. The molecule has 2 aromatic rings. The number of aryl methyl sites for hydroxylation is 2. The summed E-state index contributed by atoms with van der Waals surface area (Å²) in [6, 6.07) is 7.89. The quantitative estimate of drug-likeness (QED) is 0.0569. The Morgan fingerprint density at radius 3 is 1.08 bits per heavy atom. The Morgan fingerprint density at radius 1 is 0.469 bits per heavy atom. The number of aliphatic hydroxyl groups is 2. The van der Waals surface area contributed by atoms with E-state index in [-0.39, 0.29) is 26.4 Å². The number of pyridine rings is 2. The molecule has 6 heteroatoms. The van der Waals surface area contributed by atoms with E-state index < -0.39 is 5.41 Å². The van der Waals surface area contributed by atoms with Crippen molar-refractivity contribution < 1.29 is 28.8 Å². The molecule has 6 nitrogen and oxygen atoms in total. The summed E-state index contributed by atoms with van der Waals surface area (Å²) < 4.78 is 16.6. The zero-order valence-corrected chi connectivity index (χ0v) is 31.9. The first-order valence-corrected chi connectivity index (χ1v) is 20.6. The molecule has 0 spiro atoms. The van der Waals surface area contributed by atoms with Crippen molar-refractivity contribution in [1.29, 1.82) is 0 Å². The van der Waals surface area contributed by atoms with Crippen molar-refractivity contribution in [2.75, 3.05) is 26.4 Å². The van der Waals surface area contributed by atoms with Gasteiger partial charge in [0.2, 0.25) is 12.4 Å². The Morgan fingerprint density at radius 2 is 0.776 bits per heavy atom. The maximum absolute atomic E-state index is 10.3. The molecule has 0 unspecified atom stereocenters. The SMILES string of the molecule is CCCCCCCCCCCCCC[n+]1cccc(OCC(CO)(CO)COc2ccc[n+](CCCCCCCCCCCCCC)c2)c1. The van der Waals surface area contributed by atoms with E-state index in [4.69, 9.17) is 9.47 Å². The lowest BCUT2D eigenvalue weighted by Gasteiger charge is -2.29. The first-order valence-electron chi connectivity index (χ1n) is 20.6. The molecule has 0 amide bonds. The second-order valence-corrected chi connectivity index (χ2v) is 14.7. The molecule has 0 aliphatic heterocycles. The predicted octanol–water partition coefficient (Wildman–Crippen LogP) is 10.1. The lowest BCUT2D eigenvalue weighted by atomic mass is 9.92. The van der Waals surface area contributed by atoms with Gasteiger partial charge in [0, 0.05) is 25.0 Å². The first kappa shape index (κ1) is 43.0. The van der Waals surface area contributed by atoms with Gasteiger partial charge in [0.1, 0.15) is 26.3 Å². The molecule has 2 rings (SSSR count).